The number of hydrogen-bond acceptors (Lipinski definition) is 3. The van der Waals surface area contributed by atoms with Crippen molar-refractivity contribution < 1.29 is 8.42 Å². The molecule has 11 heavy (non-hydrogen) atoms. The van der Waals surface area contributed by atoms with Gasteiger partial charge in [-0.1, -0.05) is 6.08 Å². The van der Waals surface area contributed by atoms with Crippen molar-refractivity contribution in [2.24, 2.45) is 0 Å². The third kappa shape index (κ3) is 2.81. The molecule has 0 saturated carbocycles. The van der Waals surface area contributed by atoms with Crippen LogP contribution in [0.25, 0.3) is 0 Å². The van der Waals surface area contributed by atoms with Crippen molar-refractivity contribution in [2.45, 2.75) is 6.04 Å². The lowest BCUT2D eigenvalue weighted by Gasteiger charge is -2.14. The highest BCUT2D eigenvalue weighted by Crippen LogP contribution is 2.11. The van der Waals surface area contributed by atoms with Crippen LogP contribution in [0.1, 0.15) is 0 Å². The Balaban J connectivity index is 0.000001000. The molecule has 0 fully saturated rings. The number of rotatable bonds is 1. The van der Waals surface area contributed by atoms with Crippen molar-refractivity contribution in [1.29, 1.82) is 0 Å². The van der Waals surface area contributed by atoms with Crippen LogP contribution in [-0.4, -0.2) is 39.2 Å². The second-order valence-electron chi connectivity index (χ2n) is 2.69. The third-order valence-corrected chi connectivity index (χ3v) is 2.95. The summed E-state index contributed by atoms with van der Waals surface area (Å²) in [5, 5.41) is 1.29. The van der Waals surface area contributed by atoms with Crippen LogP contribution in [0.2, 0.25) is 0 Å². The van der Waals surface area contributed by atoms with Gasteiger partial charge in [0, 0.05) is 11.4 Å². The van der Waals surface area contributed by atoms with Gasteiger partial charge in [0.15, 0.2) is 9.84 Å². The number of likely N-dealkylation sites (N-methyl/N-ethyl adjacent to an activating group) is 1. The summed E-state index contributed by atoms with van der Waals surface area (Å²) < 4.78 is 21.7. The smallest absolute Gasteiger partial charge is 0.173 e. The summed E-state index contributed by atoms with van der Waals surface area (Å²) in [6, 6.07) is 0.0741. The number of hydrogen-bond donors (Lipinski definition) is 0. The van der Waals surface area contributed by atoms with Gasteiger partial charge in [-0.25, -0.2) is 8.42 Å². The zero-order valence-electron chi connectivity index (χ0n) is 6.52. The Kier molecular flexibility index (Phi) is 3.54. The number of halogens is 1. The summed E-state index contributed by atoms with van der Waals surface area (Å²) in [7, 11) is 0.879. The normalized spacial score (nSPS) is 27.0. The van der Waals surface area contributed by atoms with Gasteiger partial charge in [-0.2, -0.15) is 0 Å². The molecule has 1 unspecified atom stereocenters. The highest BCUT2D eigenvalue weighted by Gasteiger charge is 2.22. The molecule has 0 spiro atoms. The molecule has 1 atom stereocenters. The van der Waals surface area contributed by atoms with Crippen LogP contribution < -0.4 is 0 Å². The van der Waals surface area contributed by atoms with E-state index in [0.29, 0.717) is 0 Å². The van der Waals surface area contributed by atoms with E-state index in [4.69, 9.17) is 0 Å². The van der Waals surface area contributed by atoms with Gasteiger partial charge < -0.3 is 4.90 Å². The van der Waals surface area contributed by atoms with E-state index in [-0.39, 0.29) is 24.2 Å². The van der Waals surface area contributed by atoms with Crippen molar-refractivity contribution >= 4 is 22.2 Å². The summed E-state index contributed by atoms with van der Waals surface area (Å²) in [6.07, 6.45) is 1.72. The SMILES string of the molecule is CN(C)C1C=CS(=O)(=O)C1.Cl. The molecule has 66 valence electrons. The first-order valence-electron chi connectivity index (χ1n) is 3.09. The van der Waals surface area contributed by atoms with E-state index in [1.165, 1.54) is 5.41 Å². The van der Waals surface area contributed by atoms with Crippen LogP contribution >= 0.6 is 12.4 Å². The third-order valence-electron chi connectivity index (χ3n) is 1.57. The van der Waals surface area contributed by atoms with E-state index in [1.54, 1.807) is 6.08 Å². The number of sulfone groups is 1. The molecule has 0 radical (unpaired) electrons. The van der Waals surface area contributed by atoms with Crippen LogP contribution in [0.4, 0.5) is 0 Å². The Labute approximate surface area is 73.4 Å². The van der Waals surface area contributed by atoms with E-state index < -0.39 is 9.84 Å². The predicted molar refractivity (Wildman–Crippen MR) is 47.6 cm³/mol. The first-order chi connectivity index (χ1) is 4.51. The molecule has 0 aromatic heterocycles. The van der Waals surface area contributed by atoms with Gasteiger partial charge in [0.05, 0.1) is 5.75 Å². The maximum absolute atomic E-state index is 10.8. The topological polar surface area (TPSA) is 37.4 Å². The lowest BCUT2D eigenvalue weighted by atomic mass is 10.3. The summed E-state index contributed by atoms with van der Waals surface area (Å²) in [4.78, 5) is 1.89. The number of nitrogens with zero attached hydrogens (tertiary/aromatic N) is 1. The summed E-state index contributed by atoms with van der Waals surface area (Å²) in [5.41, 5.74) is 0. The molecule has 1 rings (SSSR count). The van der Waals surface area contributed by atoms with Crippen LogP contribution in [0.5, 0.6) is 0 Å². The van der Waals surface area contributed by atoms with E-state index in [9.17, 15) is 8.42 Å². The molecule has 0 aliphatic carbocycles. The summed E-state index contributed by atoms with van der Waals surface area (Å²) in [6.45, 7) is 0. The first-order valence-corrected chi connectivity index (χ1v) is 4.80. The average Bonchev–Trinajstić information content (AvgIpc) is 2.10. The molecule has 1 heterocycles. The fourth-order valence-corrected chi connectivity index (χ4v) is 2.30. The molecule has 5 heteroatoms. The molecule has 0 aromatic rings. The molecule has 1 aliphatic heterocycles. The van der Waals surface area contributed by atoms with Gasteiger partial charge in [-0.15, -0.1) is 12.4 Å². The minimum Gasteiger partial charge on any atom is -0.302 e. The Bertz CT molecular complexity index is 245. The van der Waals surface area contributed by atoms with E-state index >= 15 is 0 Å². The molecule has 0 N–H and O–H groups in total. The Hall–Kier alpha value is -0.0600. The zero-order chi connectivity index (χ0) is 7.78. The molecule has 0 amide bonds. The first kappa shape index (κ1) is 10.9. The van der Waals surface area contributed by atoms with E-state index in [0.717, 1.165) is 0 Å². The van der Waals surface area contributed by atoms with Gasteiger partial charge in [-0.05, 0) is 14.1 Å². The predicted octanol–water partition coefficient (Wildman–Crippen LogP) is 0.281. The van der Waals surface area contributed by atoms with Crippen LogP contribution in [0.15, 0.2) is 11.5 Å². The van der Waals surface area contributed by atoms with Gasteiger partial charge in [0.1, 0.15) is 0 Å². The van der Waals surface area contributed by atoms with E-state index in [2.05, 4.69) is 0 Å². The highest BCUT2D eigenvalue weighted by molar-refractivity contribution is 7.94. The van der Waals surface area contributed by atoms with Gasteiger partial charge >= 0.3 is 0 Å². The average molecular weight is 198 g/mol. The molecule has 0 saturated heterocycles. The molecular formula is C6H12ClNO2S. The maximum Gasteiger partial charge on any atom is 0.173 e. The van der Waals surface area contributed by atoms with Crippen molar-refractivity contribution in [2.75, 3.05) is 19.8 Å². The Morgan fingerprint density at radius 1 is 1.45 bits per heavy atom. The fraction of sp³-hybridized carbons (Fsp3) is 0.667. The van der Waals surface area contributed by atoms with Crippen LogP contribution in [0.3, 0.4) is 0 Å². The quantitative estimate of drug-likeness (QED) is 0.606. The Morgan fingerprint density at radius 3 is 2.18 bits per heavy atom. The monoisotopic (exact) mass is 197 g/mol. The van der Waals surface area contributed by atoms with E-state index in [1.807, 2.05) is 19.0 Å². The standard InChI is InChI=1S/C6H11NO2S.ClH/c1-7(2)6-3-4-10(8,9)5-6;/h3-4,6H,5H2,1-2H3;1H. The van der Waals surface area contributed by atoms with Gasteiger partial charge in [-0.3, -0.25) is 0 Å². The van der Waals surface area contributed by atoms with Crippen LogP contribution in [-0.2, 0) is 9.84 Å². The van der Waals surface area contributed by atoms with Gasteiger partial charge in [0.25, 0.3) is 0 Å². The second-order valence-corrected chi connectivity index (χ2v) is 4.62. The highest BCUT2D eigenvalue weighted by atomic mass is 35.5. The molecule has 3 nitrogen and oxygen atoms in total. The largest absolute Gasteiger partial charge is 0.302 e. The lowest BCUT2D eigenvalue weighted by molar-refractivity contribution is 0.368. The summed E-state index contributed by atoms with van der Waals surface area (Å²) >= 11 is 0. The molecule has 0 bridgehead atoms. The van der Waals surface area contributed by atoms with Crippen molar-refractivity contribution in [3.05, 3.63) is 11.5 Å². The molecule has 0 aromatic carbocycles. The van der Waals surface area contributed by atoms with Gasteiger partial charge in [0.2, 0.25) is 0 Å². The Morgan fingerprint density at radius 2 is 2.00 bits per heavy atom. The minimum absolute atomic E-state index is 0. The minimum atomic E-state index is -2.86. The summed E-state index contributed by atoms with van der Waals surface area (Å²) in [5.74, 6) is 0.236. The van der Waals surface area contributed by atoms with Crippen molar-refractivity contribution in [3.63, 3.8) is 0 Å². The van der Waals surface area contributed by atoms with Crippen LogP contribution in [0, 0.1) is 0 Å². The van der Waals surface area contributed by atoms with Crippen molar-refractivity contribution in [3.8, 4) is 0 Å². The molecule has 1 aliphatic rings. The van der Waals surface area contributed by atoms with Crippen molar-refractivity contribution in [1.82, 2.24) is 4.90 Å². The maximum atomic E-state index is 10.8. The fourth-order valence-electron chi connectivity index (χ4n) is 0.881. The zero-order valence-corrected chi connectivity index (χ0v) is 8.15. The second kappa shape index (κ2) is 3.56. The lowest BCUT2D eigenvalue weighted by Crippen LogP contribution is -2.28. The molecular weight excluding hydrogens is 186 g/mol.